The Hall–Kier alpha value is -1.79. The number of nitrogens with zero attached hydrogens (tertiary/aromatic N) is 1. The SMILES string of the molecule is C#Cc1ccc(CN2CC(C(N)=O)C2)cc1. The highest BCUT2D eigenvalue weighted by atomic mass is 16.1. The van der Waals surface area contributed by atoms with Crippen molar-refractivity contribution in [2.45, 2.75) is 6.54 Å². The highest BCUT2D eigenvalue weighted by Crippen LogP contribution is 2.18. The second-order valence-electron chi connectivity index (χ2n) is 4.13. The zero-order valence-electron chi connectivity index (χ0n) is 9.02. The lowest BCUT2D eigenvalue weighted by Gasteiger charge is -2.37. The van der Waals surface area contributed by atoms with E-state index < -0.39 is 0 Å². The minimum atomic E-state index is -0.195. The summed E-state index contributed by atoms with van der Waals surface area (Å²) < 4.78 is 0. The van der Waals surface area contributed by atoms with E-state index in [4.69, 9.17) is 12.2 Å². The van der Waals surface area contributed by atoms with Gasteiger partial charge in [-0.1, -0.05) is 18.1 Å². The Morgan fingerprint density at radius 3 is 2.56 bits per heavy atom. The molecule has 1 aromatic carbocycles. The Morgan fingerprint density at radius 2 is 2.06 bits per heavy atom. The van der Waals surface area contributed by atoms with E-state index in [9.17, 15) is 4.79 Å². The topological polar surface area (TPSA) is 46.3 Å². The zero-order chi connectivity index (χ0) is 11.5. The van der Waals surface area contributed by atoms with E-state index in [1.54, 1.807) is 0 Å². The predicted octanol–water partition coefficient (Wildman–Crippen LogP) is 0.585. The van der Waals surface area contributed by atoms with E-state index in [-0.39, 0.29) is 11.8 Å². The molecule has 0 unspecified atom stereocenters. The van der Waals surface area contributed by atoms with Crippen molar-refractivity contribution in [2.75, 3.05) is 13.1 Å². The normalized spacial score (nSPS) is 16.4. The van der Waals surface area contributed by atoms with Crippen molar-refractivity contribution in [3.05, 3.63) is 35.4 Å². The van der Waals surface area contributed by atoms with Crippen LogP contribution in [0.3, 0.4) is 0 Å². The van der Waals surface area contributed by atoms with Crippen LogP contribution in [0.15, 0.2) is 24.3 Å². The fourth-order valence-electron chi connectivity index (χ4n) is 1.84. The fourth-order valence-corrected chi connectivity index (χ4v) is 1.84. The fraction of sp³-hybridized carbons (Fsp3) is 0.308. The molecule has 1 aliphatic rings. The maximum absolute atomic E-state index is 10.8. The second-order valence-corrected chi connectivity index (χ2v) is 4.13. The molecule has 1 saturated heterocycles. The van der Waals surface area contributed by atoms with Crippen LogP contribution in [0.4, 0.5) is 0 Å². The van der Waals surface area contributed by atoms with Gasteiger partial charge in [-0.3, -0.25) is 9.69 Å². The number of primary amides is 1. The molecule has 0 atom stereocenters. The van der Waals surface area contributed by atoms with Crippen LogP contribution < -0.4 is 5.73 Å². The van der Waals surface area contributed by atoms with Crippen LogP contribution >= 0.6 is 0 Å². The lowest BCUT2D eigenvalue weighted by Crippen LogP contribution is -2.51. The van der Waals surface area contributed by atoms with Gasteiger partial charge in [-0.25, -0.2) is 0 Å². The summed E-state index contributed by atoms with van der Waals surface area (Å²) in [4.78, 5) is 13.0. The minimum Gasteiger partial charge on any atom is -0.369 e. The number of benzene rings is 1. The van der Waals surface area contributed by atoms with Gasteiger partial charge in [0.05, 0.1) is 5.92 Å². The molecule has 1 aromatic rings. The Kier molecular flexibility index (Phi) is 2.93. The first kappa shape index (κ1) is 10.7. The Balaban J connectivity index is 1.87. The first-order valence-electron chi connectivity index (χ1n) is 5.26. The van der Waals surface area contributed by atoms with Crippen LogP contribution in [0.25, 0.3) is 0 Å². The van der Waals surface area contributed by atoms with E-state index in [1.165, 1.54) is 5.56 Å². The molecule has 1 amide bonds. The smallest absolute Gasteiger partial charge is 0.223 e. The molecule has 2 rings (SSSR count). The molecule has 0 spiro atoms. The summed E-state index contributed by atoms with van der Waals surface area (Å²) in [5, 5.41) is 0. The third-order valence-electron chi connectivity index (χ3n) is 2.89. The Morgan fingerprint density at radius 1 is 1.44 bits per heavy atom. The molecule has 16 heavy (non-hydrogen) atoms. The quantitative estimate of drug-likeness (QED) is 0.748. The molecule has 1 fully saturated rings. The van der Waals surface area contributed by atoms with Crippen LogP contribution in [-0.2, 0) is 11.3 Å². The van der Waals surface area contributed by atoms with E-state index in [0.29, 0.717) is 0 Å². The Bertz CT molecular complexity index is 424. The Labute approximate surface area is 95.2 Å². The number of likely N-dealkylation sites (tertiary alicyclic amines) is 1. The van der Waals surface area contributed by atoms with Gasteiger partial charge in [-0.2, -0.15) is 0 Å². The summed E-state index contributed by atoms with van der Waals surface area (Å²) >= 11 is 0. The number of carbonyl (C=O) groups excluding carboxylic acids is 1. The molecule has 82 valence electrons. The van der Waals surface area contributed by atoms with Gasteiger partial charge < -0.3 is 5.73 Å². The minimum absolute atomic E-state index is 0.0324. The van der Waals surface area contributed by atoms with Crippen molar-refractivity contribution in [2.24, 2.45) is 11.7 Å². The van der Waals surface area contributed by atoms with E-state index in [2.05, 4.69) is 10.8 Å². The number of nitrogens with two attached hydrogens (primary N) is 1. The third kappa shape index (κ3) is 2.23. The van der Waals surface area contributed by atoms with Crippen LogP contribution in [-0.4, -0.2) is 23.9 Å². The van der Waals surface area contributed by atoms with E-state index in [1.807, 2.05) is 24.3 Å². The number of amides is 1. The monoisotopic (exact) mass is 214 g/mol. The number of hydrogen-bond donors (Lipinski definition) is 1. The predicted molar refractivity (Wildman–Crippen MR) is 62.3 cm³/mol. The molecule has 2 N–H and O–H groups in total. The first-order valence-corrected chi connectivity index (χ1v) is 5.26. The molecule has 3 heteroatoms. The van der Waals surface area contributed by atoms with Crippen LogP contribution in [0.1, 0.15) is 11.1 Å². The summed E-state index contributed by atoms with van der Waals surface area (Å²) in [6, 6.07) is 7.90. The number of terminal acetylenes is 1. The molecule has 3 nitrogen and oxygen atoms in total. The summed E-state index contributed by atoms with van der Waals surface area (Å²) in [6.45, 7) is 2.40. The van der Waals surface area contributed by atoms with Crippen molar-refractivity contribution in [1.82, 2.24) is 4.90 Å². The van der Waals surface area contributed by atoms with Crippen LogP contribution in [0.2, 0.25) is 0 Å². The van der Waals surface area contributed by atoms with E-state index in [0.717, 1.165) is 25.2 Å². The number of carbonyl (C=O) groups is 1. The maximum atomic E-state index is 10.8. The molecule has 0 aliphatic carbocycles. The molecule has 0 saturated carbocycles. The van der Waals surface area contributed by atoms with Crippen molar-refractivity contribution < 1.29 is 4.79 Å². The van der Waals surface area contributed by atoms with Gasteiger partial charge >= 0.3 is 0 Å². The first-order chi connectivity index (χ1) is 7.69. The average Bonchev–Trinajstić information content (AvgIpc) is 2.23. The number of hydrogen-bond acceptors (Lipinski definition) is 2. The van der Waals surface area contributed by atoms with Gasteiger partial charge in [0.1, 0.15) is 0 Å². The summed E-state index contributed by atoms with van der Waals surface area (Å²) in [6.07, 6.45) is 5.28. The largest absolute Gasteiger partial charge is 0.369 e. The van der Waals surface area contributed by atoms with Crippen molar-refractivity contribution >= 4 is 5.91 Å². The zero-order valence-corrected chi connectivity index (χ0v) is 9.02. The van der Waals surface area contributed by atoms with Crippen LogP contribution in [0.5, 0.6) is 0 Å². The van der Waals surface area contributed by atoms with Crippen molar-refractivity contribution in [3.8, 4) is 12.3 Å². The summed E-state index contributed by atoms with van der Waals surface area (Å²) in [5.41, 5.74) is 7.30. The van der Waals surface area contributed by atoms with Gasteiger partial charge in [0.25, 0.3) is 0 Å². The number of rotatable bonds is 3. The van der Waals surface area contributed by atoms with Gasteiger partial charge in [-0.15, -0.1) is 6.42 Å². The molecule has 0 aromatic heterocycles. The molecule has 0 bridgehead atoms. The van der Waals surface area contributed by atoms with Gasteiger partial charge in [0, 0.05) is 25.2 Å². The molecule has 0 radical (unpaired) electrons. The van der Waals surface area contributed by atoms with Gasteiger partial charge in [0.15, 0.2) is 0 Å². The summed E-state index contributed by atoms with van der Waals surface area (Å²) in [5.74, 6) is 2.42. The lowest BCUT2D eigenvalue weighted by atomic mass is 9.98. The van der Waals surface area contributed by atoms with Gasteiger partial charge in [-0.05, 0) is 17.7 Å². The summed E-state index contributed by atoms with van der Waals surface area (Å²) in [7, 11) is 0. The molecular formula is C13H14N2O. The second kappa shape index (κ2) is 4.38. The molecular weight excluding hydrogens is 200 g/mol. The lowest BCUT2D eigenvalue weighted by molar-refractivity contribution is -0.127. The van der Waals surface area contributed by atoms with Crippen LogP contribution in [0, 0.1) is 18.3 Å². The standard InChI is InChI=1S/C13H14N2O/c1-2-10-3-5-11(6-4-10)7-15-8-12(9-15)13(14)16/h1,3-6,12H,7-9H2,(H2,14,16). The van der Waals surface area contributed by atoms with E-state index >= 15 is 0 Å². The highest BCUT2D eigenvalue weighted by molar-refractivity contribution is 5.78. The molecule has 1 aliphatic heterocycles. The molecule has 1 heterocycles. The van der Waals surface area contributed by atoms with Crippen molar-refractivity contribution in [1.29, 1.82) is 0 Å². The third-order valence-corrected chi connectivity index (χ3v) is 2.89. The maximum Gasteiger partial charge on any atom is 0.223 e. The van der Waals surface area contributed by atoms with Gasteiger partial charge in [0.2, 0.25) is 5.91 Å². The highest BCUT2D eigenvalue weighted by Gasteiger charge is 2.30. The average molecular weight is 214 g/mol. The van der Waals surface area contributed by atoms with Crippen molar-refractivity contribution in [3.63, 3.8) is 0 Å².